The normalized spacial score (nSPS) is 9.77. The molecule has 1 N–H and O–H groups in total. The summed E-state index contributed by atoms with van der Waals surface area (Å²) in [6.45, 7) is 0. The van der Waals surface area contributed by atoms with Gasteiger partial charge in [-0.05, 0) is 12.1 Å². The van der Waals surface area contributed by atoms with Crippen LogP contribution in [0.5, 0.6) is 0 Å². The van der Waals surface area contributed by atoms with Gasteiger partial charge in [0.2, 0.25) is 0 Å². The van der Waals surface area contributed by atoms with Crippen LogP contribution in [0, 0.1) is 12.3 Å². The molecule has 13 heavy (non-hydrogen) atoms. The monoisotopic (exact) mass is 170 g/mol. The molecule has 0 fully saturated rings. The van der Waals surface area contributed by atoms with Crippen molar-refractivity contribution in [1.82, 2.24) is 9.97 Å². The Bertz CT molecular complexity index is 505. The molecule has 0 spiro atoms. The maximum absolute atomic E-state index is 10.5. The van der Waals surface area contributed by atoms with E-state index in [0.29, 0.717) is 16.9 Å². The number of aldehydes is 1. The van der Waals surface area contributed by atoms with E-state index in [1.165, 1.54) is 0 Å². The molecule has 2 rings (SSSR count). The van der Waals surface area contributed by atoms with Crippen LogP contribution in [0.3, 0.4) is 0 Å². The van der Waals surface area contributed by atoms with Crippen molar-refractivity contribution in [3.8, 4) is 12.3 Å². The zero-order valence-electron chi connectivity index (χ0n) is 6.74. The van der Waals surface area contributed by atoms with Gasteiger partial charge < -0.3 is 4.98 Å². The highest BCUT2D eigenvalue weighted by Crippen LogP contribution is 2.14. The van der Waals surface area contributed by atoms with Crippen LogP contribution >= 0.6 is 0 Å². The number of pyridine rings is 1. The summed E-state index contributed by atoms with van der Waals surface area (Å²) in [6, 6.07) is 3.50. The Hall–Kier alpha value is -2.08. The van der Waals surface area contributed by atoms with Crippen molar-refractivity contribution in [3.63, 3.8) is 0 Å². The fourth-order valence-corrected chi connectivity index (χ4v) is 1.20. The minimum Gasteiger partial charge on any atom is -0.345 e. The van der Waals surface area contributed by atoms with E-state index >= 15 is 0 Å². The third-order valence-electron chi connectivity index (χ3n) is 1.85. The van der Waals surface area contributed by atoms with Gasteiger partial charge >= 0.3 is 0 Å². The van der Waals surface area contributed by atoms with Gasteiger partial charge in [0.1, 0.15) is 11.3 Å². The third-order valence-corrected chi connectivity index (χ3v) is 1.85. The van der Waals surface area contributed by atoms with Crippen LogP contribution in [0.4, 0.5) is 0 Å². The van der Waals surface area contributed by atoms with Gasteiger partial charge in [-0.25, -0.2) is 4.98 Å². The number of terminal acetylenes is 1. The summed E-state index contributed by atoms with van der Waals surface area (Å²) in [5.74, 6) is 2.43. The summed E-state index contributed by atoms with van der Waals surface area (Å²) in [7, 11) is 0. The number of aromatic nitrogens is 2. The Morgan fingerprint density at radius 3 is 3.08 bits per heavy atom. The van der Waals surface area contributed by atoms with E-state index in [1.54, 1.807) is 18.3 Å². The van der Waals surface area contributed by atoms with E-state index in [0.717, 1.165) is 11.7 Å². The summed E-state index contributed by atoms with van der Waals surface area (Å²) in [4.78, 5) is 17.5. The molecule has 0 aliphatic rings. The average molecular weight is 170 g/mol. The Morgan fingerprint density at radius 1 is 1.54 bits per heavy atom. The van der Waals surface area contributed by atoms with E-state index in [2.05, 4.69) is 15.9 Å². The van der Waals surface area contributed by atoms with E-state index in [1.807, 2.05) is 0 Å². The molecule has 2 aromatic heterocycles. The molecule has 0 radical (unpaired) electrons. The maximum atomic E-state index is 10.5. The largest absolute Gasteiger partial charge is 0.345 e. The lowest BCUT2D eigenvalue weighted by molar-refractivity contribution is 0.112. The summed E-state index contributed by atoms with van der Waals surface area (Å²) >= 11 is 0. The van der Waals surface area contributed by atoms with Gasteiger partial charge in [-0.2, -0.15) is 0 Å². The number of nitrogens with one attached hydrogen (secondary N) is 1. The van der Waals surface area contributed by atoms with Crippen molar-refractivity contribution in [3.05, 3.63) is 29.6 Å². The van der Waals surface area contributed by atoms with Crippen molar-refractivity contribution < 1.29 is 4.79 Å². The molecule has 0 aliphatic carbocycles. The number of fused-ring (bicyclic) bond motifs is 1. The lowest BCUT2D eigenvalue weighted by Crippen LogP contribution is -1.82. The lowest BCUT2D eigenvalue weighted by Gasteiger charge is -1.90. The molecule has 3 nitrogen and oxygen atoms in total. The van der Waals surface area contributed by atoms with Crippen LogP contribution in [0.15, 0.2) is 18.3 Å². The first-order valence-electron chi connectivity index (χ1n) is 3.75. The average Bonchev–Trinajstić information content (AvgIpc) is 2.59. The van der Waals surface area contributed by atoms with Crippen molar-refractivity contribution in [1.29, 1.82) is 0 Å². The number of carbonyl (C=O) groups excluding carboxylic acids is 1. The van der Waals surface area contributed by atoms with Gasteiger partial charge in [0.15, 0.2) is 6.29 Å². The van der Waals surface area contributed by atoms with Crippen LogP contribution in [0.2, 0.25) is 0 Å². The Balaban J connectivity index is 2.76. The van der Waals surface area contributed by atoms with Crippen molar-refractivity contribution in [2.45, 2.75) is 0 Å². The number of carbonyl (C=O) groups is 1. The highest BCUT2D eigenvalue weighted by Gasteiger charge is 2.02. The Labute approximate surface area is 74.8 Å². The molecule has 0 aliphatic heterocycles. The quantitative estimate of drug-likeness (QED) is 0.518. The number of hydrogen-bond donors (Lipinski definition) is 1. The van der Waals surface area contributed by atoms with E-state index in [-0.39, 0.29) is 0 Å². The maximum Gasteiger partial charge on any atom is 0.152 e. The summed E-state index contributed by atoms with van der Waals surface area (Å²) in [5, 5.41) is 0.800. The molecule has 0 saturated heterocycles. The molecule has 2 heterocycles. The molecule has 0 aromatic carbocycles. The van der Waals surface area contributed by atoms with Crippen LogP contribution in [0.25, 0.3) is 11.0 Å². The van der Waals surface area contributed by atoms with Crippen LogP contribution in [-0.4, -0.2) is 16.3 Å². The smallest absolute Gasteiger partial charge is 0.152 e. The minimum atomic E-state index is 0.562. The fraction of sp³-hybridized carbons (Fsp3) is 0. The summed E-state index contributed by atoms with van der Waals surface area (Å²) in [6.07, 6.45) is 7.59. The van der Waals surface area contributed by atoms with Crippen LogP contribution in [0.1, 0.15) is 16.1 Å². The second kappa shape index (κ2) is 2.76. The van der Waals surface area contributed by atoms with Crippen LogP contribution in [-0.2, 0) is 0 Å². The van der Waals surface area contributed by atoms with E-state index < -0.39 is 0 Å². The van der Waals surface area contributed by atoms with Crippen molar-refractivity contribution in [2.24, 2.45) is 0 Å². The fourth-order valence-electron chi connectivity index (χ4n) is 1.20. The topological polar surface area (TPSA) is 45.8 Å². The zero-order valence-corrected chi connectivity index (χ0v) is 6.74. The number of hydrogen-bond acceptors (Lipinski definition) is 2. The number of H-pyrrole nitrogens is 1. The Kier molecular flexibility index (Phi) is 1.60. The van der Waals surface area contributed by atoms with Gasteiger partial charge in [-0.15, -0.1) is 6.42 Å². The van der Waals surface area contributed by atoms with E-state index in [4.69, 9.17) is 6.42 Å². The lowest BCUT2D eigenvalue weighted by atomic mass is 10.2. The molecule has 0 unspecified atom stereocenters. The molecule has 0 saturated carbocycles. The van der Waals surface area contributed by atoms with Crippen LogP contribution < -0.4 is 0 Å². The van der Waals surface area contributed by atoms with Gasteiger partial charge in [0.25, 0.3) is 0 Å². The highest BCUT2D eigenvalue weighted by atomic mass is 16.1. The first-order chi connectivity index (χ1) is 6.35. The van der Waals surface area contributed by atoms with Gasteiger partial charge in [0.05, 0.1) is 0 Å². The highest BCUT2D eigenvalue weighted by molar-refractivity contribution is 5.95. The molecular formula is C10H6N2O. The first kappa shape index (κ1) is 7.56. The predicted octanol–water partition coefficient (Wildman–Crippen LogP) is 1.36. The van der Waals surface area contributed by atoms with Crippen molar-refractivity contribution >= 4 is 17.3 Å². The molecular weight excluding hydrogens is 164 g/mol. The van der Waals surface area contributed by atoms with Gasteiger partial charge in [-0.3, -0.25) is 4.79 Å². The Morgan fingerprint density at radius 2 is 2.38 bits per heavy atom. The SMILES string of the molecule is C#Cc1ccc2c(C=O)c[nH]c2n1. The van der Waals surface area contributed by atoms with Gasteiger partial charge in [-0.1, -0.05) is 5.92 Å². The minimum absolute atomic E-state index is 0.562. The summed E-state index contributed by atoms with van der Waals surface area (Å²) in [5.41, 5.74) is 1.82. The second-order valence-corrected chi connectivity index (χ2v) is 2.60. The first-order valence-corrected chi connectivity index (χ1v) is 3.75. The predicted molar refractivity (Wildman–Crippen MR) is 49.4 cm³/mol. The van der Waals surface area contributed by atoms with Crippen molar-refractivity contribution in [2.75, 3.05) is 0 Å². The number of rotatable bonds is 1. The molecule has 0 atom stereocenters. The van der Waals surface area contributed by atoms with E-state index in [9.17, 15) is 4.79 Å². The number of nitrogens with zero attached hydrogens (tertiary/aromatic N) is 1. The van der Waals surface area contributed by atoms with Gasteiger partial charge in [0, 0.05) is 17.1 Å². The summed E-state index contributed by atoms with van der Waals surface area (Å²) < 4.78 is 0. The molecule has 0 bridgehead atoms. The molecule has 62 valence electrons. The third kappa shape index (κ3) is 1.09. The molecule has 2 aromatic rings. The zero-order chi connectivity index (χ0) is 9.26. The standard InChI is InChI=1S/C10H6N2O/c1-2-8-3-4-9-7(6-13)5-11-10(9)12-8/h1,3-6H,(H,11,12). The second-order valence-electron chi connectivity index (χ2n) is 2.60. The number of aromatic amines is 1. The molecule has 3 heteroatoms. The molecule has 0 amide bonds.